The van der Waals surface area contributed by atoms with Crippen molar-refractivity contribution in [3.63, 3.8) is 0 Å². The van der Waals surface area contributed by atoms with Crippen LogP contribution in [0.3, 0.4) is 0 Å². The van der Waals surface area contributed by atoms with Crippen molar-refractivity contribution in [1.29, 1.82) is 0 Å². The standard InChI is InChI=1S/C11H17NO3/c1-8(2)10(11(13)14)7-12-6-9-4-3-5-15-9/h3-5,8,10,12H,6-7H2,1-2H3,(H,13,14). The average molecular weight is 211 g/mol. The van der Waals surface area contributed by atoms with E-state index in [4.69, 9.17) is 9.52 Å². The van der Waals surface area contributed by atoms with Crippen molar-refractivity contribution in [2.45, 2.75) is 20.4 Å². The second-order valence-corrected chi connectivity index (χ2v) is 3.90. The Balaban J connectivity index is 2.31. The highest BCUT2D eigenvalue weighted by molar-refractivity contribution is 5.70. The van der Waals surface area contributed by atoms with Gasteiger partial charge in [-0.05, 0) is 18.1 Å². The predicted molar refractivity (Wildman–Crippen MR) is 56.4 cm³/mol. The quantitative estimate of drug-likeness (QED) is 0.752. The molecule has 1 aromatic rings. The molecule has 0 aliphatic rings. The first-order valence-corrected chi connectivity index (χ1v) is 5.07. The number of rotatable bonds is 6. The van der Waals surface area contributed by atoms with Crippen molar-refractivity contribution in [3.8, 4) is 0 Å². The summed E-state index contributed by atoms with van der Waals surface area (Å²) in [6.45, 7) is 4.86. The summed E-state index contributed by atoms with van der Waals surface area (Å²) in [7, 11) is 0. The number of hydrogen-bond acceptors (Lipinski definition) is 3. The first-order chi connectivity index (χ1) is 7.11. The normalized spacial score (nSPS) is 13.0. The maximum atomic E-state index is 10.9. The SMILES string of the molecule is CC(C)C(CNCc1ccco1)C(=O)O. The van der Waals surface area contributed by atoms with Crippen molar-refractivity contribution in [1.82, 2.24) is 5.32 Å². The van der Waals surface area contributed by atoms with Gasteiger partial charge in [-0.1, -0.05) is 13.8 Å². The zero-order valence-electron chi connectivity index (χ0n) is 9.06. The van der Waals surface area contributed by atoms with Gasteiger partial charge < -0.3 is 14.8 Å². The summed E-state index contributed by atoms with van der Waals surface area (Å²) >= 11 is 0. The highest BCUT2D eigenvalue weighted by Gasteiger charge is 2.20. The van der Waals surface area contributed by atoms with Crippen LogP contribution in [-0.2, 0) is 11.3 Å². The number of nitrogens with one attached hydrogen (secondary N) is 1. The summed E-state index contributed by atoms with van der Waals surface area (Å²) < 4.78 is 5.13. The second-order valence-electron chi connectivity index (χ2n) is 3.90. The number of hydrogen-bond donors (Lipinski definition) is 2. The molecule has 1 unspecified atom stereocenters. The predicted octanol–water partition coefficient (Wildman–Crippen LogP) is 1.73. The van der Waals surface area contributed by atoms with Crippen molar-refractivity contribution in [2.24, 2.45) is 11.8 Å². The Hall–Kier alpha value is -1.29. The van der Waals surface area contributed by atoms with Gasteiger partial charge in [0.25, 0.3) is 0 Å². The third kappa shape index (κ3) is 3.75. The van der Waals surface area contributed by atoms with Gasteiger partial charge in [-0.2, -0.15) is 0 Å². The molecule has 15 heavy (non-hydrogen) atoms. The molecule has 0 saturated heterocycles. The molecule has 0 fully saturated rings. The topological polar surface area (TPSA) is 62.5 Å². The Morgan fingerprint density at radius 1 is 1.60 bits per heavy atom. The fraction of sp³-hybridized carbons (Fsp3) is 0.545. The van der Waals surface area contributed by atoms with E-state index in [1.54, 1.807) is 6.26 Å². The molecule has 4 nitrogen and oxygen atoms in total. The Labute approximate surface area is 89.3 Å². The molecule has 1 atom stereocenters. The summed E-state index contributed by atoms with van der Waals surface area (Å²) in [6.07, 6.45) is 1.61. The van der Waals surface area contributed by atoms with Gasteiger partial charge in [-0.15, -0.1) is 0 Å². The maximum Gasteiger partial charge on any atom is 0.308 e. The van der Waals surface area contributed by atoms with Crippen LogP contribution in [0, 0.1) is 11.8 Å². The van der Waals surface area contributed by atoms with Crippen LogP contribution in [0.2, 0.25) is 0 Å². The van der Waals surface area contributed by atoms with Crippen LogP contribution in [0.15, 0.2) is 22.8 Å². The van der Waals surface area contributed by atoms with Crippen LogP contribution in [0.5, 0.6) is 0 Å². The largest absolute Gasteiger partial charge is 0.481 e. The van der Waals surface area contributed by atoms with Crippen LogP contribution in [0.1, 0.15) is 19.6 Å². The minimum atomic E-state index is -0.753. The lowest BCUT2D eigenvalue weighted by Crippen LogP contribution is -2.31. The van der Waals surface area contributed by atoms with Gasteiger partial charge in [0.05, 0.1) is 18.7 Å². The zero-order valence-corrected chi connectivity index (χ0v) is 9.06. The Bertz CT molecular complexity index is 293. The Kier molecular flexibility index (Phi) is 4.37. The molecule has 1 heterocycles. The van der Waals surface area contributed by atoms with Gasteiger partial charge in [0.1, 0.15) is 5.76 Å². The van der Waals surface area contributed by atoms with E-state index in [1.807, 2.05) is 26.0 Å². The van der Waals surface area contributed by atoms with Crippen LogP contribution < -0.4 is 5.32 Å². The average Bonchev–Trinajstić information content (AvgIpc) is 2.63. The number of carbonyl (C=O) groups is 1. The molecule has 0 radical (unpaired) electrons. The second kappa shape index (κ2) is 5.56. The van der Waals surface area contributed by atoms with Gasteiger partial charge in [0, 0.05) is 6.54 Å². The fourth-order valence-electron chi connectivity index (χ4n) is 1.37. The minimum Gasteiger partial charge on any atom is -0.481 e. The summed E-state index contributed by atoms with van der Waals surface area (Å²) in [5.41, 5.74) is 0. The first kappa shape index (κ1) is 11.8. The van der Waals surface area contributed by atoms with Gasteiger partial charge in [0.2, 0.25) is 0 Å². The fourth-order valence-corrected chi connectivity index (χ4v) is 1.37. The van der Waals surface area contributed by atoms with E-state index >= 15 is 0 Å². The molecule has 0 spiro atoms. The van der Waals surface area contributed by atoms with Gasteiger partial charge in [0.15, 0.2) is 0 Å². The van der Waals surface area contributed by atoms with E-state index in [9.17, 15) is 4.79 Å². The zero-order chi connectivity index (χ0) is 11.3. The van der Waals surface area contributed by atoms with E-state index in [0.29, 0.717) is 13.1 Å². The number of carboxylic acid groups (broad SMARTS) is 1. The molecular formula is C11H17NO3. The van der Waals surface area contributed by atoms with Crippen molar-refractivity contribution in [2.75, 3.05) is 6.54 Å². The van der Waals surface area contributed by atoms with Gasteiger partial charge in [-0.25, -0.2) is 0 Å². The molecule has 0 bridgehead atoms. The lowest BCUT2D eigenvalue weighted by molar-refractivity contribution is -0.143. The summed E-state index contributed by atoms with van der Waals surface area (Å²) in [6, 6.07) is 3.67. The Morgan fingerprint density at radius 3 is 2.80 bits per heavy atom. The molecule has 1 aromatic heterocycles. The van der Waals surface area contributed by atoms with Crippen molar-refractivity contribution >= 4 is 5.97 Å². The van der Waals surface area contributed by atoms with E-state index in [-0.39, 0.29) is 11.8 Å². The molecule has 2 N–H and O–H groups in total. The summed E-state index contributed by atoms with van der Waals surface area (Å²) in [4.78, 5) is 10.9. The Morgan fingerprint density at radius 2 is 2.33 bits per heavy atom. The van der Waals surface area contributed by atoms with Crippen LogP contribution in [0.25, 0.3) is 0 Å². The number of furan rings is 1. The summed E-state index contributed by atoms with van der Waals surface area (Å²) in [5, 5.41) is 12.0. The highest BCUT2D eigenvalue weighted by atomic mass is 16.4. The molecule has 0 aliphatic carbocycles. The molecule has 0 aliphatic heterocycles. The molecule has 1 rings (SSSR count). The monoisotopic (exact) mass is 211 g/mol. The lowest BCUT2D eigenvalue weighted by Gasteiger charge is -2.16. The molecule has 84 valence electrons. The first-order valence-electron chi connectivity index (χ1n) is 5.07. The van der Waals surface area contributed by atoms with E-state index in [0.717, 1.165) is 5.76 Å². The summed E-state index contributed by atoms with van der Waals surface area (Å²) in [5.74, 6) is -0.147. The number of carboxylic acids is 1. The minimum absolute atomic E-state index is 0.131. The molecule has 0 amide bonds. The van der Waals surface area contributed by atoms with Gasteiger partial charge in [-0.3, -0.25) is 4.79 Å². The van der Waals surface area contributed by atoms with Crippen molar-refractivity contribution in [3.05, 3.63) is 24.2 Å². The van der Waals surface area contributed by atoms with Crippen LogP contribution in [0.4, 0.5) is 0 Å². The van der Waals surface area contributed by atoms with Crippen LogP contribution >= 0.6 is 0 Å². The highest BCUT2D eigenvalue weighted by Crippen LogP contribution is 2.10. The van der Waals surface area contributed by atoms with Crippen molar-refractivity contribution < 1.29 is 14.3 Å². The molecular weight excluding hydrogens is 194 g/mol. The third-order valence-corrected chi connectivity index (χ3v) is 2.37. The smallest absolute Gasteiger partial charge is 0.308 e. The van der Waals surface area contributed by atoms with E-state index in [1.165, 1.54) is 0 Å². The molecule has 0 aromatic carbocycles. The molecule has 4 heteroatoms. The molecule has 0 saturated carbocycles. The lowest BCUT2D eigenvalue weighted by atomic mass is 9.96. The van der Waals surface area contributed by atoms with Crippen LogP contribution in [-0.4, -0.2) is 17.6 Å². The number of aliphatic carboxylic acids is 1. The maximum absolute atomic E-state index is 10.9. The van der Waals surface area contributed by atoms with Gasteiger partial charge >= 0.3 is 5.97 Å². The third-order valence-electron chi connectivity index (χ3n) is 2.37. The van der Waals surface area contributed by atoms with E-state index < -0.39 is 5.97 Å². The van der Waals surface area contributed by atoms with E-state index in [2.05, 4.69) is 5.32 Å².